The largest absolute Gasteiger partial charge is 0.468 e. The summed E-state index contributed by atoms with van der Waals surface area (Å²) in [5.74, 6) is -0.303. The van der Waals surface area contributed by atoms with E-state index in [-0.39, 0.29) is 29.7 Å². The van der Waals surface area contributed by atoms with E-state index in [1.54, 1.807) is 0 Å². The number of hydrogen-bond donors (Lipinski definition) is 2. The van der Waals surface area contributed by atoms with Crippen molar-refractivity contribution in [2.45, 2.75) is 43.3 Å². The highest BCUT2D eigenvalue weighted by molar-refractivity contribution is 7.89. The van der Waals surface area contributed by atoms with Gasteiger partial charge in [-0.3, -0.25) is 0 Å². The zero-order valence-electron chi connectivity index (χ0n) is 13.0. The number of hydrogen-bond acceptors (Lipinski definition) is 5. The van der Waals surface area contributed by atoms with Crippen LogP contribution in [0.5, 0.6) is 5.88 Å². The van der Waals surface area contributed by atoms with Crippen LogP contribution in [0.1, 0.15) is 26.2 Å². The molecule has 1 heterocycles. The van der Waals surface area contributed by atoms with Crippen molar-refractivity contribution in [1.29, 1.82) is 0 Å². The van der Waals surface area contributed by atoms with Gasteiger partial charge < -0.3 is 10.5 Å². The fourth-order valence-electron chi connectivity index (χ4n) is 1.73. The van der Waals surface area contributed by atoms with Gasteiger partial charge in [0.15, 0.2) is 6.61 Å². The van der Waals surface area contributed by atoms with Crippen molar-refractivity contribution in [2.24, 2.45) is 5.73 Å². The zero-order valence-corrected chi connectivity index (χ0v) is 14.7. The van der Waals surface area contributed by atoms with Crippen molar-refractivity contribution in [3.63, 3.8) is 0 Å². The van der Waals surface area contributed by atoms with Crippen LogP contribution >= 0.6 is 12.4 Å². The minimum atomic E-state index is -4.48. The Morgan fingerprint density at radius 2 is 2.04 bits per heavy atom. The maximum atomic E-state index is 12.2. The molecule has 0 radical (unpaired) electrons. The summed E-state index contributed by atoms with van der Waals surface area (Å²) in [6.45, 7) is 0.641. The number of nitrogens with zero attached hydrogens (tertiary/aromatic N) is 1. The lowest BCUT2D eigenvalue weighted by molar-refractivity contribution is -0.154. The Bertz CT molecular complexity index is 582. The van der Waals surface area contributed by atoms with E-state index < -0.39 is 28.8 Å². The number of sulfonamides is 1. The predicted molar refractivity (Wildman–Crippen MR) is 85.7 cm³/mol. The van der Waals surface area contributed by atoms with E-state index >= 15 is 0 Å². The van der Waals surface area contributed by atoms with Crippen LogP contribution in [0.15, 0.2) is 23.2 Å². The molecule has 0 aliphatic carbocycles. The van der Waals surface area contributed by atoms with E-state index in [1.165, 1.54) is 0 Å². The van der Waals surface area contributed by atoms with Gasteiger partial charge in [0.2, 0.25) is 15.9 Å². The molecule has 140 valence electrons. The van der Waals surface area contributed by atoms with E-state index in [0.29, 0.717) is 6.42 Å². The molecule has 0 amide bonds. The standard InChI is InChI=1S/C13H20F3N3O3S.ClH/c1-2-3-4-10(7-17)19-23(20,21)11-5-6-12(18-8-11)22-9-13(14,15)16;/h5-6,8,10,19H,2-4,7,9,17H2,1H3;1H. The van der Waals surface area contributed by atoms with Crippen LogP contribution in [0.4, 0.5) is 13.2 Å². The van der Waals surface area contributed by atoms with Gasteiger partial charge in [0, 0.05) is 18.7 Å². The average molecular weight is 392 g/mol. The maximum Gasteiger partial charge on any atom is 0.422 e. The van der Waals surface area contributed by atoms with Crippen LogP contribution < -0.4 is 15.2 Å². The summed E-state index contributed by atoms with van der Waals surface area (Å²) in [4.78, 5) is 3.41. The van der Waals surface area contributed by atoms with Crippen LogP contribution in [0.2, 0.25) is 0 Å². The molecule has 0 bridgehead atoms. The smallest absolute Gasteiger partial charge is 0.422 e. The fourth-order valence-corrected chi connectivity index (χ4v) is 2.96. The monoisotopic (exact) mass is 391 g/mol. The van der Waals surface area contributed by atoms with Gasteiger partial charge in [-0.25, -0.2) is 18.1 Å². The second kappa shape index (κ2) is 10.0. The van der Waals surface area contributed by atoms with E-state index in [9.17, 15) is 21.6 Å². The average Bonchev–Trinajstić information content (AvgIpc) is 2.49. The molecule has 0 saturated carbocycles. The Morgan fingerprint density at radius 1 is 1.38 bits per heavy atom. The SMILES string of the molecule is CCCCC(CN)NS(=O)(=O)c1ccc(OCC(F)(F)F)nc1.Cl. The molecular formula is C13H21ClF3N3O3S. The third kappa shape index (κ3) is 8.13. The predicted octanol–water partition coefficient (Wildman–Crippen LogP) is 2.24. The number of nitrogens with two attached hydrogens (primary N) is 1. The second-order valence-corrected chi connectivity index (χ2v) is 6.65. The Hall–Kier alpha value is -1.10. The Labute approximate surface area is 145 Å². The van der Waals surface area contributed by atoms with E-state index in [4.69, 9.17) is 5.73 Å². The molecule has 0 fully saturated rings. The lowest BCUT2D eigenvalue weighted by Crippen LogP contribution is -2.40. The van der Waals surface area contributed by atoms with Gasteiger partial charge in [-0.05, 0) is 12.5 Å². The molecule has 0 spiro atoms. The number of ether oxygens (including phenoxy) is 1. The molecule has 1 rings (SSSR count). The lowest BCUT2D eigenvalue weighted by atomic mass is 10.1. The van der Waals surface area contributed by atoms with Crippen LogP contribution in [0.3, 0.4) is 0 Å². The van der Waals surface area contributed by atoms with Gasteiger partial charge in [0.1, 0.15) is 4.90 Å². The quantitative estimate of drug-likeness (QED) is 0.673. The van der Waals surface area contributed by atoms with Crippen LogP contribution in [0.25, 0.3) is 0 Å². The first-order chi connectivity index (χ1) is 10.7. The Morgan fingerprint density at radius 3 is 2.50 bits per heavy atom. The van der Waals surface area contributed by atoms with Crippen molar-refractivity contribution in [3.05, 3.63) is 18.3 Å². The van der Waals surface area contributed by atoms with Crippen LogP contribution in [-0.2, 0) is 10.0 Å². The van der Waals surface area contributed by atoms with Gasteiger partial charge in [0.05, 0.1) is 6.20 Å². The first-order valence-electron chi connectivity index (χ1n) is 7.06. The summed E-state index contributed by atoms with van der Waals surface area (Å²) in [6.07, 6.45) is -1.20. The van der Waals surface area contributed by atoms with E-state index in [1.807, 2.05) is 6.92 Å². The molecule has 0 aliphatic heterocycles. The molecular weight excluding hydrogens is 371 g/mol. The normalized spacial score (nSPS) is 13.2. The molecule has 1 unspecified atom stereocenters. The molecule has 1 aromatic rings. The van der Waals surface area contributed by atoms with Crippen molar-refractivity contribution in [1.82, 2.24) is 9.71 Å². The third-order valence-corrected chi connectivity index (χ3v) is 4.42. The van der Waals surface area contributed by atoms with Gasteiger partial charge in [-0.1, -0.05) is 19.8 Å². The molecule has 3 N–H and O–H groups in total. The highest BCUT2D eigenvalue weighted by atomic mass is 35.5. The van der Waals surface area contributed by atoms with Crippen LogP contribution in [0, 0.1) is 0 Å². The number of pyridine rings is 1. The first kappa shape index (κ1) is 22.9. The van der Waals surface area contributed by atoms with Gasteiger partial charge >= 0.3 is 6.18 Å². The summed E-state index contributed by atoms with van der Waals surface area (Å²) >= 11 is 0. The molecule has 24 heavy (non-hydrogen) atoms. The molecule has 1 atom stereocenters. The summed E-state index contributed by atoms with van der Waals surface area (Å²) in [6, 6.07) is 1.80. The highest BCUT2D eigenvalue weighted by Crippen LogP contribution is 2.18. The van der Waals surface area contributed by atoms with E-state index in [0.717, 1.165) is 31.2 Å². The molecule has 0 aliphatic rings. The zero-order chi connectivity index (χ0) is 17.5. The molecule has 6 nitrogen and oxygen atoms in total. The van der Waals surface area contributed by atoms with Crippen molar-refractivity contribution >= 4 is 22.4 Å². The minimum Gasteiger partial charge on any atom is -0.468 e. The Kier molecular flexibility index (Phi) is 9.56. The van der Waals surface area contributed by atoms with Crippen molar-refractivity contribution in [3.8, 4) is 5.88 Å². The number of unbranched alkanes of at least 4 members (excludes halogenated alkanes) is 1. The van der Waals surface area contributed by atoms with Crippen LogP contribution in [-0.4, -0.2) is 38.8 Å². The summed E-state index contributed by atoms with van der Waals surface area (Å²) in [5.41, 5.74) is 5.53. The number of aromatic nitrogens is 1. The summed E-state index contributed by atoms with van der Waals surface area (Å²) in [5, 5.41) is 0. The van der Waals surface area contributed by atoms with Crippen molar-refractivity contribution in [2.75, 3.05) is 13.2 Å². The number of rotatable bonds is 9. The summed E-state index contributed by atoms with van der Waals surface area (Å²) < 4.78 is 67.3. The Balaban J connectivity index is 0.00000529. The van der Waals surface area contributed by atoms with Gasteiger partial charge in [-0.2, -0.15) is 13.2 Å². The molecule has 11 heteroatoms. The molecule has 0 aromatic carbocycles. The van der Waals surface area contributed by atoms with Gasteiger partial charge in [-0.15, -0.1) is 12.4 Å². The molecule has 1 aromatic heterocycles. The fraction of sp³-hybridized carbons (Fsp3) is 0.615. The lowest BCUT2D eigenvalue weighted by Gasteiger charge is -2.16. The van der Waals surface area contributed by atoms with Crippen molar-refractivity contribution < 1.29 is 26.3 Å². The second-order valence-electron chi connectivity index (χ2n) is 4.93. The minimum absolute atomic E-state index is 0. The summed E-state index contributed by atoms with van der Waals surface area (Å²) in [7, 11) is -3.83. The maximum absolute atomic E-state index is 12.2. The highest BCUT2D eigenvalue weighted by Gasteiger charge is 2.28. The first-order valence-corrected chi connectivity index (χ1v) is 8.54. The van der Waals surface area contributed by atoms with Gasteiger partial charge in [0.25, 0.3) is 0 Å². The number of alkyl halides is 3. The number of nitrogens with one attached hydrogen (secondary N) is 1. The number of halogens is 4. The topological polar surface area (TPSA) is 94.3 Å². The molecule has 0 saturated heterocycles. The third-order valence-electron chi connectivity index (χ3n) is 2.92. The van der Waals surface area contributed by atoms with E-state index in [2.05, 4.69) is 14.4 Å².